The monoisotopic (exact) mass is 288 g/mol. The van der Waals surface area contributed by atoms with Gasteiger partial charge in [-0.05, 0) is 29.0 Å². The van der Waals surface area contributed by atoms with Gasteiger partial charge >= 0.3 is 0 Å². The van der Waals surface area contributed by atoms with Crippen molar-refractivity contribution in [2.75, 3.05) is 0 Å². The molecule has 1 aliphatic carbocycles. The van der Waals surface area contributed by atoms with Crippen LogP contribution in [0, 0.1) is 5.92 Å². The van der Waals surface area contributed by atoms with Crippen molar-refractivity contribution in [2.24, 2.45) is 5.92 Å². The van der Waals surface area contributed by atoms with Gasteiger partial charge in [-0.2, -0.15) is 0 Å². The molecule has 1 aromatic rings. The first kappa shape index (κ1) is 14.3. The molecular formula is C13H14Cl2Ti. The summed E-state index contributed by atoms with van der Waals surface area (Å²) in [6, 6.07) is 8.04. The van der Waals surface area contributed by atoms with E-state index < -0.39 is 4.33 Å². The fraction of sp³-hybridized carbons (Fsp3) is 0.385. The quantitative estimate of drug-likeness (QED) is 0.544. The van der Waals surface area contributed by atoms with Gasteiger partial charge in [-0.25, -0.2) is 0 Å². The van der Waals surface area contributed by atoms with E-state index in [-0.39, 0.29) is 21.7 Å². The van der Waals surface area contributed by atoms with Crippen molar-refractivity contribution in [1.29, 1.82) is 0 Å². The summed E-state index contributed by atoms with van der Waals surface area (Å²) in [5.74, 6) is 0.572. The van der Waals surface area contributed by atoms with Crippen molar-refractivity contribution < 1.29 is 21.7 Å². The molecule has 0 N–H and O–H groups in total. The Morgan fingerprint density at radius 3 is 2.38 bits per heavy atom. The van der Waals surface area contributed by atoms with Crippen LogP contribution in [0.25, 0.3) is 6.08 Å². The first-order valence-corrected chi connectivity index (χ1v) is 5.96. The van der Waals surface area contributed by atoms with Gasteiger partial charge in [0, 0.05) is 21.7 Å². The van der Waals surface area contributed by atoms with Crippen molar-refractivity contribution >= 4 is 29.3 Å². The van der Waals surface area contributed by atoms with E-state index in [2.05, 4.69) is 26.0 Å². The van der Waals surface area contributed by atoms with Crippen LogP contribution < -0.4 is 0 Å². The van der Waals surface area contributed by atoms with Crippen LogP contribution in [-0.2, 0) is 26.1 Å². The molecular weight excluding hydrogens is 275 g/mol. The Balaban J connectivity index is 0.00000128. The largest absolute Gasteiger partial charge is 0.165 e. The molecule has 0 unspecified atom stereocenters. The molecule has 0 amide bonds. The maximum atomic E-state index is 6.41. The minimum atomic E-state index is -0.819. The zero-order valence-corrected chi connectivity index (χ0v) is 12.5. The third-order valence-electron chi connectivity index (χ3n) is 2.66. The van der Waals surface area contributed by atoms with Gasteiger partial charge in [0.05, 0.1) is 0 Å². The van der Waals surface area contributed by atoms with Crippen LogP contribution in [0.5, 0.6) is 0 Å². The first-order valence-electron chi connectivity index (χ1n) is 5.20. The fourth-order valence-electron chi connectivity index (χ4n) is 1.99. The number of halogens is 2. The summed E-state index contributed by atoms with van der Waals surface area (Å²) in [6.07, 6.45) is 3.07. The van der Waals surface area contributed by atoms with Crippen LogP contribution in [0.15, 0.2) is 29.8 Å². The van der Waals surface area contributed by atoms with E-state index in [0.29, 0.717) is 5.92 Å². The summed E-state index contributed by atoms with van der Waals surface area (Å²) in [5, 5.41) is 0. The second kappa shape index (κ2) is 5.27. The number of alkyl halides is 2. The smallest absolute Gasteiger partial charge is 0.0913 e. The molecule has 0 bridgehead atoms. The minimum absolute atomic E-state index is 0. The molecule has 1 aliphatic rings. The Hall–Kier alpha value is 0.254. The maximum Gasteiger partial charge on any atom is 0.165 e. The first-order chi connectivity index (χ1) is 7.01. The van der Waals surface area contributed by atoms with E-state index in [4.69, 9.17) is 23.2 Å². The summed E-state index contributed by atoms with van der Waals surface area (Å²) in [6.45, 7) is 4.35. The molecule has 0 heterocycles. The summed E-state index contributed by atoms with van der Waals surface area (Å²) in [7, 11) is 0. The Morgan fingerprint density at radius 1 is 1.19 bits per heavy atom. The summed E-state index contributed by atoms with van der Waals surface area (Å²) in [5.41, 5.74) is 3.28. The van der Waals surface area contributed by atoms with Gasteiger partial charge in [-0.15, -0.1) is 0 Å². The van der Waals surface area contributed by atoms with E-state index in [9.17, 15) is 0 Å². The molecule has 3 heteroatoms. The topological polar surface area (TPSA) is 0 Å². The normalized spacial score (nSPS) is 16.7. The molecule has 16 heavy (non-hydrogen) atoms. The molecule has 0 radical (unpaired) electrons. The Bertz CT molecular complexity index is 408. The number of hydrogen-bond acceptors (Lipinski definition) is 0. The van der Waals surface area contributed by atoms with Crippen molar-refractivity contribution in [3.8, 4) is 0 Å². The molecule has 0 aromatic heterocycles. The van der Waals surface area contributed by atoms with Crippen molar-refractivity contribution in [1.82, 2.24) is 0 Å². The van der Waals surface area contributed by atoms with Crippen LogP contribution in [0.1, 0.15) is 31.4 Å². The van der Waals surface area contributed by atoms with Gasteiger partial charge in [0.2, 0.25) is 0 Å². The molecule has 0 saturated heterocycles. The molecule has 0 spiro atoms. The predicted molar refractivity (Wildman–Crippen MR) is 67.3 cm³/mol. The second-order valence-corrected chi connectivity index (χ2v) is 5.76. The van der Waals surface area contributed by atoms with E-state index in [1.165, 1.54) is 0 Å². The Morgan fingerprint density at radius 2 is 1.81 bits per heavy atom. The number of allylic oxidation sites excluding steroid dienone is 1. The molecule has 0 saturated carbocycles. The average molecular weight is 289 g/mol. The maximum absolute atomic E-state index is 6.41. The standard InChI is InChI=1S/C13H14Cl2.Ti/c1-9(2)7-11-8-10-5-3-4-6-12(10)13(11,14)15;/h3-6,8-9H,7H2,1-2H3;. The van der Waals surface area contributed by atoms with Crippen molar-refractivity contribution in [3.05, 3.63) is 41.0 Å². The van der Waals surface area contributed by atoms with E-state index in [1.54, 1.807) is 0 Å². The summed E-state index contributed by atoms with van der Waals surface area (Å²) >= 11 is 12.8. The SMILES string of the molecule is CC(C)CC1=Cc2ccccc2C1(Cl)Cl.[Ti]. The van der Waals surface area contributed by atoms with Crippen molar-refractivity contribution in [2.45, 2.75) is 24.6 Å². The van der Waals surface area contributed by atoms with Crippen molar-refractivity contribution in [3.63, 3.8) is 0 Å². The van der Waals surface area contributed by atoms with Crippen LogP contribution in [0.4, 0.5) is 0 Å². The molecule has 0 aliphatic heterocycles. The molecule has 1 aromatic carbocycles. The van der Waals surface area contributed by atoms with Gasteiger partial charge < -0.3 is 0 Å². The number of benzene rings is 1. The molecule has 2 rings (SSSR count). The molecule has 0 nitrogen and oxygen atoms in total. The minimum Gasteiger partial charge on any atom is -0.0913 e. The van der Waals surface area contributed by atoms with Crippen LogP contribution in [0.2, 0.25) is 0 Å². The Labute approximate surface area is 122 Å². The zero-order valence-electron chi connectivity index (χ0n) is 9.43. The zero-order chi connectivity index (χ0) is 11.1. The fourth-order valence-corrected chi connectivity index (χ4v) is 2.59. The van der Waals surface area contributed by atoms with Crippen LogP contribution in [-0.4, -0.2) is 0 Å². The molecule has 84 valence electrons. The van der Waals surface area contributed by atoms with E-state index in [0.717, 1.165) is 23.1 Å². The third-order valence-corrected chi connectivity index (χ3v) is 3.55. The molecule has 0 atom stereocenters. The van der Waals surface area contributed by atoms with E-state index in [1.807, 2.05) is 18.2 Å². The van der Waals surface area contributed by atoms with Crippen LogP contribution in [0.3, 0.4) is 0 Å². The van der Waals surface area contributed by atoms with E-state index >= 15 is 0 Å². The second-order valence-electron chi connectivity index (χ2n) is 4.43. The number of rotatable bonds is 2. The van der Waals surface area contributed by atoms with Gasteiger partial charge in [0.15, 0.2) is 4.33 Å². The number of fused-ring (bicyclic) bond motifs is 1. The summed E-state index contributed by atoms with van der Waals surface area (Å²) < 4.78 is -0.819. The third kappa shape index (κ3) is 2.56. The summed E-state index contributed by atoms with van der Waals surface area (Å²) in [4.78, 5) is 0. The van der Waals surface area contributed by atoms with Gasteiger partial charge in [0.25, 0.3) is 0 Å². The predicted octanol–water partition coefficient (Wildman–Crippen LogP) is 4.76. The van der Waals surface area contributed by atoms with Gasteiger partial charge in [-0.1, -0.05) is 67.4 Å². The average Bonchev–Trinajstić information content (AvgIpc) is 2.39. The van der Waals surface area contributed by atoms with Gasteiger partial charge in [-0.3, -0.25) is 0 Å². The van der Waals surface area contributed by atoms with Gasteiger partial charge in [0.1, 0.15) is 0 Å². The number of hydrogen-bond donors (Lipinski definition) is 0. The van der Waals surface area contributed by atoms with Crippen LogP contribution >= 0.6 is 23.2 Å². The Kier molecular flexibility index (Phi) is 4.71. The molecule has 0 fully saturated rings.